The van der Waals surface area contributed by atoms with Gasteiger partial charge in [-0.3, -0.25) is 0 Å². The van der Waals surface area contributed by atoms with Gasteiger partial charge in [-0.25, -0.2) is 9.97 Å². The lowest BCUT2D eigenvalue weighted by molar-refractivity contribution is 1.08. The lowest BCUT2D eigenvalue weighted by Gasteiger charge is -2.06. The van der Waals surface area contributed by atoms with Crippen molar-refractivity contribution >= 4 is 22.8 Å². The molecule has 0 amide bonds. The van der Waals surface area contributed by atoms with Gasteiger partial charge < -0.3 is 11.1 Å². The van der Waals surface area contributed by atoms with Crippen LogP contribution in [-0.4, -0.2) is 9.97 Å². The molecule has 0 unspecified atom stereocenters. The predicted molar refractivity (Wildman–Crippen MR) is 62.8 cm³/mol. The first-order valence-corrected chi connectivity index (χ1v) is 5.48. The third-order valence-electron chi connectivity index (χ3n) is 1.94. The fraction of sp³-hybridized carbons (Fsp3) is 0.200. The number of hydrogen-bond donors (Lipinski definition) is 2. The lowest BCUT2D eigenvalue weighted by atomic mass is 10.3. The molecule has 2 heterocycles. The van der Waals surface area contributed by atoms with Crippen LogP contribution in [0.4, 0.5) is 11.5 Å². The minimum Gasteiger partial charge on any atom is -0.396 e. The number of pyridine rings is 1. The summed E-state index contributed by atoms with van der Waals surface area (Å²) in [5, 5.41) is 6.13. The fourth-order valence-corrected chi connectivity index (χ4v) is 1.80. The van der Waals surface area contributed by atoms with Crippen LogP contribution in [-0.2, 0) is 6.54 Å². The molecule has 78 valence electrons. The van der Waals surface area contributed by atoms with Crippen molar-refractivity contribution in [1.29, 1.82) is 0 Å². The van der Waals surface area contributed by atoms with E-state index in [0.717, 1.165) is 16.4 Å². The topological polar surface area (TPSA) is 63.8 Å². The zero-order valence-corrected chi connectivity index (χ0v) is 9.21. The van der Waals surface area contributed by atoms with E-state index in [4.69, 9.17) is 5.73 Å². The summed E-state index contributed by atoms with van der Waals surface area (Å²) in [7, 11) is 0. The van der Waals surface area contributed by atoms with Gasteiger partial charge in [0, 0.05) is 17.8 Å². The van der Waals surface area contributed by atoms with Crippen molar-refractivity contribution in [2.45, 2.75) is 13.5 Å². The Hall–Kier alpha value is -1.62. The summed E-state index contributed by atoms with van der Waals surface area (Å²) >= 11 is 1.61. The molecule has 0 aromatic carbocycles. The number of nitrogen functional groups attached to an aromatic ring is 1. The third kappa shape index (κ3) is 2.44. The van der Waals surface area contributed by atoms with Crippen molar-refractivity contribution < 1.29 is 0 Å². The predicted octanol–water partition coefficient (Wildman–Crippen LogP) is 2.04. The van der Waals surface area contributed by atoms with Crippen molar-refractivity contribution in [3.8, 4) is 0 Å². The zero-order valence-electron chi connectivity index (χ0n) is 8.40. The van der Waals surface area contributed by atoms with E-state index in [2.05, 4.69) is 15.3 Å². The van der Waals surface area contributed by atoms with Gasteiger partial charge in [0.1, 0.15) is 10.8 Å². The number of hydrogen-bond acceptors (Lipinski definition) is 5. The molecule has 0 aliphatic heterocycles. The zero-order chi connectivity index (χ0) is 10.7. The number of anilines is 2. The van der Waals surface area contributed by atoms with Crippen LogP contribution in [0.2, 0.25) is 0 Å². The highest BCUT2D eigenvalue weighted by molar-refractivity contribution is 7.09. The van der Waals surface area contributed by atoms with Crippen LogP contribution < -0.4 is 11.1 Å². The van der Waals surface area contributed by atoms with E-state index in [9.17, 15) is 0 Å². The van der Waals surface area contributed by atoms with Crippen molar-refractivity contribution in [3.63, 3.8) is 0 Å². The highest BCUT2D eigenvalue weighted by Gasteiger charge is 2.01. The second-order valence-electron chi connectivity index (χ2n) is 3.23. The average Bonchev–Trinajstić information content (AvgIpc) is 2.69. The largest absolute Gasteiger partial charge is 0.396 e. The Labute approximate surface area is 92.2 Å². The SMILES string of the molecule is Cc1cnc(NCc2nccs2)c(N)c1. The molecule has 0 spiro atoms. The van der Waals surface area contributed by atoms with Crippen LogP contribution in [0, 0.1) is 6.92 Å². The van der Waals surface area contributed by atoms with Gasteiger partial charge in [0.2, 0.25) is 0 Å². The Morgan fingerprint density at radius 3 is 3.00 bits per heavy atom. The number of nitrogens with two attached hydrogens (primary N) is 1. The molecule has 4 nitrogen and oxygen atoms in total. The van der Waals surface area contributed by atoms with Crippen LogP contribution >= 0.6 is 11.3 Å². The lowest BCUT2D eigenvalue weighted by Crippen LogP contribution is -2.04. The maximum absolute atomic E-state index is 5.82. The number of nitrogens with zero attached hydrogens (tertiary/aromatic N) is 2. The van der Waals surface area contributed by atoms with Gasteiger partial charge >= 0.3 is 0 Å². The molecule has 0 radical (unpaired) electrons. The van der Waals surface area contributed by atoms with E-state index in [0.29, 0.717) is 12.2 Å². The number of aromatic nitrogens is 2. The van der Waals surface area contributed by atoms with Gasteiger partial charge in [0.15, 0.2) is 0 Å². The Kier molecular flexibility index (Phi) is 2.82. The van der Waals surface area contributed by atoms with Crippen molar-refractivity contribution in [1.82, 2.24) is 9.97 Å². The van der Waals surface area contributed by atoms with Gasteiger partial charge in [0.25, 0.3) is 0 Å². The first-order valence-electron chi connectivity index (χ1n) is 4.60. The molecule has 2 aromatic heterocycles. The second-order valence-corrected chi connectivity index (χ2v) is 4.21. The normalized spacial score (nSPS) is 10.2. The Balaban J connectivity index is 2.05. The van der Waals surface area contributed by atoms with E-state index in [1.54, 1.807) is 23.7 Å². The molecule has 0 atom stereocenters. The molecule has 2 rings (SSSR count). The van der Waals surface area contributed by atoms with Gasteiger partial charge in [-0.15, -0.1) is 11.3 Å². The molecule has 2 aromatic rings. The highest BCUT2D eigenvalue weighted by atomic mass is 32.1. The van der Waals surface area contributed by atoms with Gasteiger partial charge in [-0.1, -0.05) is 0 Å². The van der Waals surface area contributed by atoms with E-state index in [1.165, 1.54) is 0 Å². The number of nitrogens with one attached hydrogen (secondary N) is 1. The van der Waals surface area contributed by atoms with Gasteiger partial charge in [0.05, 0.1) is 12.2 Å². The summed E-state index contributed by atoms with van der Waals surface area (Å²) in [5.74, 6) is 0.718. The molecule has 0 aliphatic rings. The summed E-state index contributed by atoms with van der Waals surface area (Å²) in [6, 6.07) is 1.90. The molecule has 0 aliphatic carbocycles. The third-order valence-corrected chi connectivity index (χ3v) is 2.72. The summed E-state index contributed by atoms with van der Waals surface area (Å²) in [5.41, 5.74) is 7.55. The molecule has 15 heavy (non-hydrogen) atoms. The van der Waals surface area contributed by atoms with E-state index in [-0.39, 0.29) is 0 Å². The molecule has 0 fully saturated rings. The second kappa shape index (κ2) is 4.27. The molecule has 0 saturated carbocycles. The first-order chi connectivity index (χ1) is 7.25. The number of rotatable bonds is 3. The Morgan fingerprint density at radius 1 is 1.47 bits per heavy atom. The van der Waals surface area contributed by atoms with Crippen molar-refractivity contribution in [3.05, 3.63) is 34.4 Å². The summed E-state index contributed by atoms with van der Waals surface area (Å²) in [4.78, 5) is 8.38. The van der Waals surface area contributed by atoms with E-state index < -0.39 is 0 Å². The molecule has 5 heteroatoms. The average molecular weight is 220 g/mol. The molecular formula is C10H12N4S. The summed E-state index contributed by atoms with van der Waals surface area (Å²) < 4.78 is 0. The fourth-order valence-electron chi connectivity index (χ4n) is 1.24. The maximum Gasteiger partial charge on any atom is 0.149 e. The van der Waals surface area contributed by atoms with Gasteiger partial charge in [-0.05, 0) is 18.6 Å². The highest BCUT2D eigenvalue weighted by Crippen LogP contribution is 2.17. The van der Waals surface area contributed by atoms with Crippen LogP contribution in [0.25, 0.3) is 0 Å². The van der Waals surface area contributed by atoms with E-state index >= 15 is 0 Å². The minimum atomic E-state index is 0.665. The maximum atomic E-state index is 5.82. The molecular weight excluding hydrogens is 208 g/mol. The number of thiazole rings is 1. The monoisotopic (exact) mass is 220 g/mol. The van der Waals surface area contributed by atoms with Crippen LogP contribution in [0.1, 0.15) is 10.6 Å². The Morgan fingerprint density at radius 2 is 2.33 bits per heavy atom. The molecule has 3 N–H and O–H groups in total. The number of aryl methyl sites for hydroxylation is 1. The van der Waals surface area contributed by atoms with E-state index in [1.807, 2.05) is 18.4 Å². The minimum absolute atomic E-state index is 0.665. The van der Waals surface area contributed by atoms with Crippen LogP contribution in [0.5, 0.6) is 0 Å². The van der Waals surface area contributed by atoms with Crippen molar-refractivity contribution in [2.75, 3.05) is 11.1 Å². The standard InChI is InChI=1S/C10H12N4S/c1-7-4-8(11)10(13-5-7)14-6-9-12-2-3-15-9/h2-5H,6,11H2,1H3,(H,13,14). The van der Waals surface area contributed by atoms with Crippen LogP contribution in [0.15, 0.2) is 23.8 Å². The quantitative estimate of drug-likeness (QED) is 0.830. The van der Waals surface area contributed by atoms with Gasteiger partial charge in [-0.2, -0.15) is 0 Å². The van der Waals surface area contributed by atoms with Crippen LogP contribution in [0.3, 0.4) is 0 Å². The smallest absolute Gasteiger partial charge is 0.149 e. The first kappa shape index (κ1) is 9.92. The Bertz CT molecular complexity index is 439. The summed E-state index contributed by atoms with van der Waals surface area (Å²) in [6.45, 7) is 2.63. The molecule has 0 bridgehead atoms. The summed E-state index contributed by atoms with van der Waals surface area (Å²) in [6.07, 6.45) is 3.58. The molecule has 0 saturated heterocycles. The van der Waals surface area contributed by atoms with Crippen molar-refractivity contribution in [2.24, 2.45) is 0 Å².